The van der Waals surface area contributed by atoms with Crippen LogP contribution in [-0.4, -0.2) is 31.2 Å². The number of hydrogen-bond acceptors (Lipinski definition) is 6. The molecule has 8 heteroatoms. The molecule has 3 rings (SSSR count). The van der Waals surface area contributed by atoms with E-state index in [1.54, 1.807) is 31.4 Å². The van der Waals surface area contributed by atoms with Gasteiger partial charge >= 0.3 is 0 Å². The van der Waals surface area contributed by atoms with E-state index in [4.69, 9.17) is 4.74 Å². The van der Waals surface area contributed by atoms with E-state index in [1.807, 2.05) is 38.1 Å². The summed E-state index contributed by atoms with van der Waals surface area (Å²) in [6.45, 7) is 3.77. The van der Waals surface area contributed by atoms with Crippen molar-refractivity contribution in [3.05, 3.63) is 60.4 Å². The Bertz CT molecular complexity index is 1080. The van der Waals surface area contributed by atoms with Crippen molar-refractivity contribution in [3.63, 3.8) is 0 Å². The number of anilines is 3. The highest BCUT2D eigenvalue weighted by atomic mass is 32.2. The molecule has 1 aromatic heterocycles. The molecule has 7 nitrogen and oxygen atoms in total. The van der Waals surface area contributed by atoms with Crippen molar-refractivity contribution in [3.8, 4) is 17.0 Å². The summed E-state index contributed by atoms with van der Waals surface area (Å²) in [6.07, 6.45) is 2.07. The molecule has 0 unspecified atom stereocenters. The summed E-state index contributed by atoms with van der Waals surface area (Å²) in [5.41, 5.74) is 3.86. The lowest BCUT2D eigenvalue weighted by atomic mass is 10.1. The van der Waals surface area contributed by atoms with Crippen LogP contribution < -0.4 is 14.8 Å². The van der Waals surface area contributed by atoms with Gasteiger partial charge in [-0.1, -0.05) is 19.1 Å². The van der Waals surface area contributed by atoms with Gasteiger partial charge in [-0.3, -0.25) is 4.72 Å². The van der Waals surface area contributed by atoms with E-state index in [9.17, 15) is 8.42 Å². The molecule has 0 aliphatic heterocycles. The normalized spacial score (nSPS) is 11.1. The molecule has 0 bridgehead atoms. The molecule has 0 radical (unpaired) electrons. The lowest BCUT2D eigenvalue weighted by Crippen LogP contribution is -2.15. The number of ether oxygens (including phenoxy) is 1. The Hall–Kier alpha value is -3.13. The van der Waals surface area contributed by atoms with E-state index in [0.29, 0.717) is 17.9 Å². The van der Waals surface area contributed by atoms with E-state index < -0.39 is 10.0 Å². The predicted octanol–water partition coefficient (Wildman–Crippen LogP) is 4.36. The highest BCUT2D eigenvalue weighted by Crippen LogP contribution is 2.33. The average Bonchev–Trinajstić information content (AvgIpc) is 2.70. The number of nitrogens with zero attached hydrogens (tertiary/aromatic N) is 2. The van der Waals surface area contributed by atoms with Crippen molar-refractivity contribution in [2.75, 3.05) is 22.9 Å². The highest BCUT2D eigenvalue weighted by molar-refractivity contribution is 7.92. The third-order valence-corrected chi connectivity index (χ3v) is 5.83. The second-order valence-corrected chi connectivity index (χ2v) is 8.36. The standard InChI is InChI=1S/C21H24N4O3S/c1-4-13-29(26,27)25-17-11-9-16(10-12-17)24-21-15(2)20(22-14-23-21)18-7-5-6-8-19(18)28-3/h5-12,14,25H,4,13H2,1-3H3,(H,22,23,24). The number of sulfonamides is 1. The van der Waals surface area contributed by atoms with Crippen LogP contribution in [0.15, 0.2) is 54.9 Å². The van der Waals surface area contributed by atoms with Crippen LogP contribution in [0, 0.1) is 6.92 Å². The number of benzene rings is 2. The van der Waals surface area contributed by atoms with Gasteiger partial charge in [0.25, 0.3) is 0 Å². The van der Waals surface area contributed by atoms with Crippen molar-refractivity contribution in [1.82, 2.24) is 9.97 Å². The Morgan fingerprint density at radius 1 is 1.00 bits per heavy atom. The molecular formula is C21H24N4O3S. The number of rotatable bonds is 8. The van der Waals surface area contributed by atoms with Gasteiger partial charge in [0.15, 0.2) is 0 Å². The molecule has 0 spiro atoms. The minimum atomic E-state index is -3.31. The summed E-state index contributed by atoms with van der Waals surface area (Å²) in [5.74, 6) is 1.50. The third kappa shape index (κ3) is 5.03. The maximum Gasteiger partial charge on any atom is 0.232 e. The van der Waals surface area contributed by atoms with Crippen molar-refractivity contribution in [1.29, 1.82) is 0 Å². The van der Waals surface area contributed by atoms with Crippen molar-refractivity contribution in [2.45, 2.75) is 20.3 Å². The smallest absolute Gasteiger partial charge is 0.232 e. The highest BCUT2D eigenvalue weighted by Gasteiger charge is 2.13. The van der Waals surface area contributed by atoms with Crippen LogP contribution in [0.3, 0.4) is 0 Å². The van der Waals surface area contributed by atoms with Crippen LogP contribution in [0.5, 0.6) is 5.75 Å². The van der Waals surface area contributed by atoms with Gasteiger partial charge in [0.1, 0.15) is 17.9 Å². The molecule has 0 saturated heterocycles. The SMILES string of the molecule is CCCS(=O)(=O)Nc1ccc(Nc2ncnc(-c3ccccc3OC)c2C)cc1. The maximum absolute atomic E-state index is 11.9. The first-order valence-electron chi connectivity index (χ1n) is 9.26. The Balaban J connectivity index is 1.82. The minimum absolute atomic E-state index is 0.0961. The number of aromatic nitrogens is 2. The average molecular weight is 413 g/mol. The van der Waals surface area contributed by atoms with Gasteiger partial charge in [-0.15, -0.1) is 0 Å². The molecule has 0 atom stereocenters. The quantitative estimate of drug-likeness (QED) is 0.571. The Morgan fingerprint density at radius 2 is 1.69 bits per heavy atom. The summed E-state index contributed by atoms with van der Waals surface area (Å²) in [5, 5.41) is 3.27. The predicted molar refractivity (Wildman–Crippen MR) is 116 cm³/mol. The number of hydrogen-bond donors (Lipinski definition) is 2. The molecule has 0 saturated carbocycles. The van der Waals surface area contributed by atoms with Crippen molar-refractivity contribution in [2.24, 2.45) is 0 Å². The molecule has 0 aliphatic carbocycles. The third-order valence-electron chi connectivity index (χ3n) is 4.34. The fraction of sp³-hybridized carbons (Fsp3) is 0.238. The molecule has 0 aliphatic rings. The second-order valence-electron chi connectivity index (χ2n) is 6.52. The first kappa shape index (κ1) is 20.6. The topological polar surface area (TPSA) is 93.2 Å². The van der Waals surface area contributed by atoms with E-state index in [2.05, 4.69) is 20.0 Å². The molecular weight excluding hydrogens is 388 g/mol. The van der Waals surface area contributed by atoms with Crippen LogP contribution in [0.25, 0.3) is 11.3 Å². The Morgan fingerprint density at radius 3 is 2.38 bits per heavy atom. The molecule has 2 N–H and O–H groups in total. The number of para-hydroxylation sites is 1. The van der Waals surface area contributed by atoms with E-state index in [1.165, 1.54) is 6.33 Å². The van der Waals surface area contributed by atoms with Crippen LogP contribution >= 0.6 is 0 Å². The molecule has 152 valence electrons. The van der Waals surface area contributed by atoms with Crippen LogP contribution in [0.4, 0.5) is 17.2 Å². The zero-order chi connectivity index (χ0) is 20.9. The van der Waals surface area contributed by atoms with Gasteiger partial charge in [-0.25, -0.2) is 18.4 Å². The molecule has 2 aromatic carbocycles. The van der Waals surface area contributed by atoms with Gasteiger partial charge in [0.2, 0.25) is 10.0 Å². The van der Waals surface area contributed by atoms with Crippen LogP contribution in [-0.2, 0) is 10.0 Å². The van der Waals surface area contributed by atoms with E-state index in [-0.39, 0.29) is 5.75 Å². The Labute approximate surface area is 171 Å². The van der Waals surface area contributed by atoms with Gasteiger partial charge in [-0.05, 0) is 49.7 Å². The zero-order valence-corrected chi connectivity index (χ0v) is 17.5. The summed E-state index contributed by atoms with van der Waals surface area (Å²) < 4.78 is 31.8. The largest absolute Gasteiger partial charge is 0.496 e. The summed E-state index contributed by atoms with van der Waals surface area (Å²) in [7, 11) is -1.68. The van der Waals surface area contributed by atoms with Gasteiger partial charge in [0, 0.05) is 22.5 Å². The van der Waals surface area contributed by atoms with E-state index >= 15 is 0 Å². The number of methoxy groups -OCH3 is 1. The monoisotopic (exact) mass is 412 g/mol. The number of nitrogens with one attached hydrogen (secondary N) is 2. The maximum atomic E-state index is 11.9. The van der Waals surface area contributed by atoms with E-state index in [0.717, 1.165) is 28.3 Å². The summed E-state index contributed by atoms with van der Waals surface area (Å²) in [6, 6.07) is 14.7. The molecule has 0 amide bonds. The molecule has 0 fully saturated rings. The van der Waals surface area contributed by atoms with Gasteiger partial charge < -0.3 is 10.1 Å². The summed E-state index contributed by atoms with van der Waals surface area (Å²) in [4.78, 5) is 8.77. The van der Waals surface area contributed by atoms with Gasteiger partial charge in [0.05, 0.1) is 18.6 Å². The first-order valence-corrected chi connectivity index (χ1v) is 10.9. The molecule has 1 heterocycles. The minimum Gasteiger partial charge on any atom is -0.496 e. The second kappa shape index (κ2) is 8.91. The molecule has 3 aromatic rings. The fourth-order valence-electron chi connectivity index (χ4n) is 2.95. The zero-order valence-electron chi connectivity index (χ0n) is 16.6. The van der Waals surface area contributed by atoms with Crippen molar-refractivity contribution >= 4 is 27.2 Å². The fourth-order valence-corrected chi connectivity index (χ4v) is 4.08. The lowest BCUT2D eigenvalue weighted by Gasteiger charge is -2.14. The lowest BCUT2D eigenvalue weighted by molar-refractivity contribution is 0.416. The first-order chi connectivity index (χ1) is 13.9. The van der Waals surface area contributed by atoms with Gasteiger partial charge in [-0.2, -0.15) is 0 Å². The van der Waals surface area contributed by atoms with Crippen LogP contribution in [0.2, 0.25) is 0 Å². The van der Waals surface area contributed by atoms with Crippen LogP contribution in [0.1, 0.15) is 18.9 Å². The summed E-state index contributed by atoms with van der Waals surface area (Å²) >= 11 is 0. The van der Waals surface area contributed by atoms with Crippen molar-refractivity contribution < 1.29 is 13.2 Å². The molecule has 29 heavy (non-hydrogen) atoms. The Kier molecular flexibility index (Phi) is 6.33.